The van der Waals surface area contributed by atoms with Crippen molar-refractivity contribution >= 4 is 21.6 Å². The highest BCUT2D eigenvalue weighted by atomic mass is 79.9. The van der Waals surface area contributed by atoms with E-state index in [1.807, 2.05) is 0 Å². The molecule has 0 saturated carbocycles. The second kappa shape index (κ2) is 6.58. The molecule has 0 spiro atoms. The number of rotatable bonds is 5. The maximum absolute atomic E-state index is 3.50. The molecule has 1 N–H and O–H groups in total. The maximum Gasteiger partial charge on any atom is 0.0351 e. The molecule has 0 bridgehead atoms. The van der Waals surface area contributed by atoms with Crippen LogP contribution in [0.25, 0.3) is 0 Å². The van der Waals surface area contributed by atoms with E-state index in [4.69, 9.17) is 0 Å². The summed E-state index contributed by atoms with van der Waals surface area (Å²) in [6.45, 7) is 8.12. The Morgan fingerprint density at radius 1 is 1.44 bits per heavy atom. The summed E-state index contributed by atoms with van der Waals surface area (Å²) >= 11 is 3.50. The van der Waals surface area contributed by atoms with Gasteiger partial charge in [0.15, 0.2) is 0 Å². The van der Waals surface area contributed by atoms with Gasteiger partial charge in [0.25, 0.3) is 0 Å². The first-order valence-corrected chi connectivity index (χ1v) is 7.69. The molecular weight excluding hydrogens is 288 g/mol. The lowest BCUT2D eigenvalue weighted by Crippen LogP contribution is -2.36. The van der Waals surface area contributed by atoms with Crippen molar-refractivity contribution in [2.24, 2.45) is 5.92 Å². The van der Waals surface area contributed by atoms with Gasteiger partial charge in [0.2, 0.25) is 0 Å². The van der Waals surface area contributed by atoms with E-state index in [2.05, 4.69) is 64.3 Å². The van der Waals surface area contributed by atoms with Crippen molar-refractivity contribution < 1.29 is 0 Å². The van der Waals surface area contributed by atoms with Gasteiger partial charge in [0, 0.05) is 29.3 Å². The molecule has 3 heteroatoms. The minimum absolute atomic E-state index is 0.776. The van der Waals surface area contributed by atoms with Crippen LogP contribution in [-0.2, 0) is 0 Å². The number of hydrogen-bond acceptors (Lipinski definition) is 2. The molecule has 0 aromatic heterocycles. The minimum Gasteiger partial charge on any atom is -0.384 e. The van der Waals surface area contributed by atoms with E-state index < -0.39 is 0 Å². The van der Waals surface area contributed by atoms with Gasteiger partial charge in [0.05, 0.1) is 0 Å². The highest BCUT2D eigenvalue weighted by Gasteiger charge is 2.26. The largest absolute Gasteiger partial charge is 0.384 e. The maximum atomic E-state index is 3.50. The van der Waals surface area contributed by atoms with Gasteiger partial charge in [-0.2, -0.15) is 0 Å². The van der Waals surface area contributed by atoms with E-state index in [0.29, 0.717) is 0 Å². The number of hydrogen-bond donors (Lipinski definition) is 1. The molecule has 2 rings (SSSR count). The standard InChI is InChI=1S/C15H23BrN2/c1-12(2)15-7-4-9-18(15)10-8-17-14-6-3-5-13(16)11-14/h3,5-6,11-12,15,17H,4,7-10H2,1-2H3. The Kier molecular flexibility index (Phi) is 5.07. The lowest BCUT2D eigenvalue weighted by Gasteiger charge is -2.27. The van der Waals surface area contributed by atoms with Crippen molar-refractivity contribution in [3.63, 3.8) is 0 Å². The van der Waals surface area contributed by atoms with Crippen molar-refractivity contribution in [1.82, 2.24) is 4.90 Å². The summed E-state index contributed by atoms with van der Waals surface area (Å²) in [5.74, 6) is 0.776. The van der Waals surface area contributed by atoms with E-state index in [9.17, 15) is 0 Å². The molecule has 1 saturated heterocycles. The summed E-state index contributed by atoms with van der Waals surface area (Å²) in [6, 6.07) is 9.16. The zero-order valence-corrected chi connectivity index (χ0v) is 12.9. The number of nitrogens with zero attached hydrogens (tertiary/aromatic N) is 1. The predicted molar refractivity (Wildman–Crippen MR) is 82.1 cm³/mol. The Morgan fingerprint density at radius 3 is 3.00 bits per heavy atom. The third kappa shape index (κ3) is 3.72. The summed E-state index contributed by atoms with van der Waals surface area (Å²) < 4.78 is 1.13. The minimum atomic E-state index is 0.776. The van der Waals surface area contributed by atoms with Crippen LogP contribution in [0.4, 0.5) is 5.69 Å². The molecule has 18 heavy (non-hydrogen) atoms. The molecule has 1 aliphatic rings. The van der Waals surface area contributed by atoms with Crippen LogP contribution in [-0.4, -0.2) is 30.6 Å². The molecule has 1 aliphatic heterocycles. The Bertz CT molecular complexity index is 379. The first-order chi connectivity index (χ1) is 8.66. The van der Waals surface area contributed by atoms with Gasteiger partial charge in [-0.05, 0) is 43.5 Å². The van der Waals surface area contributed by atoms with Crippen LogP contribution in [0.5, 0.6) is 0 Å². The van der Waals surface area contributed by atoms with Crippen LogP contribution in [0.2, 0.25) is 0 Å². The number of nitrogens with one attached hydrogen (secondary N) is 1. The van der Waals surface area contributed by atoms with Crippen LogP contribution < -0.4 is 5.32 Å². The van der Waals surface area contributed by atoms with Crippen LogP contribution in [0.3, 0.4) is 0 Å². The summed E-state index contributed by atoms with van der Waals surface area (Å²) in [4.78, 5) is 2.63. The number of anilines is 1. The van der Waals surface area contributed by atoms with Gasteiger partial charge < -0.3 is 5.32 Å². The van der Waals surface area contributed by atoms with Crippen molar-refractivity contribution in [2.45, 2.75) is 32.7 Å². The topological polar surface area (TPSA) is 15.3 Å². The second-order valence-electron chi connectivity index (χ2n) is 5.43. The van der Waals surface area contributed by atoms with Crippen molar-refractivity contribution in [1.29, 1.82) is 0 Å². The normalized spacial score (nSPS) is 20.6. The van der Waals surface area contributed by atoms with E-state index in [1.165, 1.54) is 25.1 Å². The molecule has 1 aromatic rings. The van der Waals surface area contributed by atoms with Gasteiger partial charge in [-0.1, -0.05) is 35.8 Å². The van der Waals surface area contributed by atoms with E-state index in [-0.39, 0.29) is 0 Å². The van der Waals surface area contributed by atoms with Crippen LogP contribution in [0, 0.1) is 5.92 Å². The second-order valence-corrected chi connectivity index (χ2v) is 6.34. The summed E-state index contributed by atoms with van der Waals surface area (Å²) in [7, 11) is 0. The molecule has 0 amide bonds. The molecule has 1 heterocycles. The van der Waals surface area contributed by atoms with Crippen molar-refractivity contribution in [3.05, 3.63) is 28.7 Å². The summed E-state index contributed by atoms with van der Waals surface area (Å²) in [5, 5.41) is 3.50. The average Bonchev–Trinajstić information content (AvgIpc) is 2.77. The van der Waals surface area contributed by atoms with Gasteiger partial charge in [-0.25, -0.2) is 0 Å². The molecule has 2 nitrogen and oxygen atoms in total. The fourth-order valence-corrected chi connectivity index (χ4v) is 3.23. The van der Waals surface area contributed by atoms with Crippen LogP contribution in [0.1, 0.15) is 26.7 Å². The van der Waals surface area contributed by atoms with Gasteiger partial charge >= 0.3 is 0 Å². The third-order valence-corrected chi connectivity index (χ3v) is 4.23. The summed E-state index contributed by atoms with van der Waals surface area (Å²) in [6.07, 6.45) is 2.73. The molecule has 1 atom stereocenters. The highest BCUT2D eigenvalue weighted by molar-refractivity contribution is 9.10. The SMILES string of the molecule is CC(C)C1CCCN1CCNc1cccc(Br)c1. The Balaban J connectivity index is 1.78. The lowest BCUT2D eigenvalue weighted by molar-refractivity contribution is 0.214. The van der Waals surface area contributed by atoms with Crippen molar-refractivity contribution in [2.75, 3.05) is 25.0 Å². The predicted octanol–water partition coefficient (Wildman–Crippen LogP) is 3.98. The zero-order valence-electron chi connectivity index (χ0n) is 11.3. The molecule has 1 aromatic carbocycles. The molecule has 1 fully saturated rings. The fraction of sp³-hybridized carbons (Fsp3) is 0.600. The third-order valence-electron chi connectivity index (χ3n) is 3.74. The molecule has 0 radical (unpaired) electrons. The first kappa shape index (κ1) is 13.9. The fourth-order valence-electron chi connectivity index (χ4n) is 2.83. The Labute approximate surface area is 119 Å². The Morgan fingerprint density at radius 2 is 2.28 bits per heavy atom. The highest BCUT2D eigenvalue weighted by Crippen LogP contribution is 2.23. The first-order valence-electron chi connectivity index (χ1n) is 6.90. The van der Waals surface area contributed by atoms with E-state index in [1.54, 1.807) is 0 Å². The molecule has 1 unspecified atom stereocenters. The van der Waals surface area contributed by atoms with Crippen LogP contribution in [0.15, 0.2) is 28.7 Å². The smallest absolute Gasteiger partial charge is 0.0351 e. The monoisotopic (exact) mass is 310 g/mol. The Hall–Kier alpha value is -0.540. The number of halogens is 1. The van der Waals surface area contributed by atoms with Crippen molar-refractivity contribution in [3.8, 4) is 0 Å². The van der Waals surface area contributed by atoms with Crippen LogP contribution >= 0.6 is 15.9 Å². The lowest BCUT2D eigenvalue weighted by atomic mass is 10.0. The molecule has 100 valence electrons. The average molecular weight is 311 g/mol. The number of benzene rings is 1. The quantitative estimate of drug-likeness (QED) is 0.885. The summed E-state index contributed by atoms with van der Waals surface area (Å²) in [5.41, 5.74) is 1.20. The van der Waals surface area contributed by atoms with E-state index in [0.717, 1.165) is 29.5 Å². The van der Waals surface area contributed by atoms with Gasteiger partial charge in [-0.15, -0.1) is 0 Å². The molecular formula is C15H23BrN2. The van der Waals surface area contributed by atoms with E-state index >= 15 is 0 Å². The number of likely N-dealkylation sites (tertiary alicyclic amines) is 1. The van der Waals surface area contributed by atoms with Gasteiger partial charge in [-0.3, -0.25) is 4.90 Å². The zero-order chi connectivity index (χ0) is 13.0. The van der Waals surface area contributed by atoms with Gasteiger partial charge in [0.1, 0.15) is 0 Å². The molecule has 0 aliphatic carbocycles.